The average molecular weight is 488 g/mol. The Morgan fingerprint density at radius 1 is 1.09 bits per heavy atom. The SMILES string of the molecule is COc1ccc(CC(=O)Nc2ccc(C(OS(C)(=O)=O)C(C)Cn3ccnc3)cc2)cc1OC. The minimum absolute atomic E-state index is 0.157. The molecule has 1 aromatic heterocycles. The Kier molecular flexibility index (Phi) is 8.30. The molecule has 3 rings (SSSR count). The van der Waals surface area contributed by atoms with Gasteiger partial charge in [0.05, 0.1) is 33.2 Å². The molecule has 0 aliphatic carbocycles. The van der Waals surface area contributed by atoms with E-state index >= 15 is 0 Å². The first-order valence-corrected chi connectivity index (χ1v) is 12.4. The maximum atomic E-state index is 12.5. The summed E-state index contributed by atoms with van der Waals surface area (Å²) in [5, 5.41) is 2.85. The van der Waals surface area contributed by atoms with Crippen molar-refractivity contribution < 1.29 is 26.9 Å². The Morgan fingerprint density at radius 2 is 1.79 bits per heavy atom. The van der Waals surface area contributed by atoms with Gasteiger partial charge in [-0.1, -0.05) is 25.1 Å². The van der Waals surface area contributed by atoms with E-state index in [4.69, 9.17) is 13.7 Å². The van der Waals surface area contributed by atoms with E-state index in [9.17, 15) is 13.2 Å². The summed E-state index contributed by atoms with van der Waals surface area (Å²) in [6.07, 6.45) is 5.65. The summed E-state index contributed by atoms with van der Waals surface area (Å²) < 4.78 is 41.5. The van der Waals surface area contributed by atoms with Crippen LogP contribution in [0.15, 0.2) is 61.2 Å². The second-order valence-corrected chi connectivity index (χ2v) is 9.59. The summed E-state index contributed by atoms with van der Waals surface area (Å²) in [6.45, 7) is 2.44. The molecule has 0 saturated heterocycles. The number of hydrogen-bond donors (Lipinski definition) is 1. The van der Waals surface area contributed by atoms with Crippen LogP contribution in [0.25, 0.3) is 0 Å². The van der Waals surface area contributed by atoms with Crippen molar-refractivity contribution in [2.75, 3.05) is 25.8 Å². The van der Waals surface area contributed by atoms with E-state index in [0.717, 1.165) is 11.8 Å². The van der Waals surface area contributed by atoms with Crippen LogP contribution in [0.2, 0.25) is 0 Å². The Labute approximate surface area is 199 Å². The standard InChI is InChI=1S/C24H29N3O6S/c1-17(15-27-12-11-25-16-27)24(33-34(4,29)30)19-6-8-20(9-7-19)26-23(28)14-18-5-10-21(31-2)22(13-18)32-3/h5-13,16-17,24H,14-15H2,1-4H3,(H,26,28). The summed E-state index contributed by atoms with van der Waals surface area (Å²) in [5.74, 6) is 0.793. The second-order valence-electron chi connectivity index (χ2n) is 7.99. The Morgan fingerprint density at radius 3 is 2.38 bits per heavy atom. The number of nitrogens with zero attached hydrogens (tertiary/aromatic N) is 2. The zero-order valence-corrected chi connectivity index (χ0v) is 20.4. The molecule has 0 radical (unpaired) electrons. The number of methoxy groups -OCH3 is 2. The predicted molar refractivity (Wildman–Crippen MR) is 128 cm³/mol. The summed E-state index contributed by atoms with van der Waals surface area (Å²) in [5.41, 5.74) is 2.06. The number of nitrogens with one attached hydrogen (secondary N) is 1. The summed E-state index contributed by atoms with van der Waals surface area (Å²) in [7, 11) is -0.588. The lowest BCUT2D eigenvalue weighted by Gasteiger charge is -2.24. The number of hydrogen-bond acceptors (Lipinski definition) is 7. The molecule has 0 spiro atoms. The van der Waals surface area contributed by atoms with Crippen molar-refractivity contribution in [3.8, 4) is 11.5 Å². The molecule has 10 heteroatoms. The minimum Gasteiger partial charge on any atom is -0.493 e. The van der Waals surface area contributed by atoms with E-state index in [1.54, 1.807) is 69.2 Å². The summed E-state index contributed by atoms with van der Waals surface area (Å²) in [4.78, 5) is 16.6. The number of ether oxygens (including phenoxy) is 2. The van der Waals surface area contributed by atoms with Gasteiger partial charge in [-0.05, 0) is 35.4 Å². The van der Waals surface area contributed by atoms with Crippen LogP contribution in [-0.4, -0.2) is 44.4 Å². The Hall–Kier alpha value is -3.37. The number of rotatable bonds is 11. The quantitative estimate of drug-likeness (QED) is 0.413. The van der Waals surface area contributed by atoms with E-state index in [1.807, 2.05) is 17.7 Å². The molecule has 1 amide bonds. The van der Waals surface area contributed by atoms with Crippen molar-refractivity contribution in [3.05, 3.63) is 72.3 Å². The predicted octanol–water partition coefficient (Wildman–Crippen LogP) is 3.44. The molecule has 0 bridgehead atoms. The molecule has 34 heavy (non-hydrogen) atoms. The highest BCUT2D eigenvalue weighted by Crippen LogP contribution is 2.30. The van der Waals surface area contributed by atoms with Gasteiger partial charge in [-0.3, -0.25) is 8.98 Å². The van der Waals surface area contributed by atoms with E-state index in [-0.39, 0.29) is 18.2 Å². The van der Waals surface area contributed by atoms with Crippen LogP contribution >= 0.6 is 0 Å². The highest BCUT2D eigenvalue weighted by atomic mass is 32.2. The molecule has 2 aromatic carbocycles. The van der Waals surface area contributed by atoms with Gasteiger partial charge in [-0.15, -0.1) is 0 Å². The van der Waals surface area contributed by atoms with Gasteiger partial charge in [0, 0.05) is 30.5 Å². The molecular weight excluding hydrogens is 458 g/mol. The fraction of sp³-hybridized carbons (Fsp3) is 0.333. The molecule has 0 saturated carbocycles. The summed E-state index contributed by atoms with van der Waals surface area (Å²) >= 11 is 0. The third kappa shape index (κ3) is 7.06. The molecule has 0 fully saturated rings. The lowest BCUT2D eigenvalue weighted by molar-refractivity contribution is -0.115. The second kappa shape index (κ2) is 11.2. The Bertz CT molecular complexity index is 1190. The first kappa shape index (κ1) is 25.3. The van der Waals surface area contributed by atoms with Crippen molar-refractivity contribution in [2.24, 2.45) is 5.92 Å². The average Bonchev–Trinajstić information content (AvgIpc) is 3.30. The summed E-state index contributed by atoms with van der Waals surface area (Å²) in [6, 6.07) is 12.3. The van der Waals surface area contributed by atoms with Crippen LogP contribution in [0.5, 0.6) is 11.5 Å². The van der Waals surface area contributed by atoms with Crippen LogP contribution in [0.4, 0.5) is 5.69 Å². The van der Waals surface area contributed by atoms with Gasteiger partial charge in [0.15, 0.2) is 11.5 Å². The van der Waals surface area contributed by atoms with Gasteiger partial charge in [-0.25, -0.2) is 4.98 Å². The molecule has 2 unspecified atom stereocenters. The van der Waals surface area contributed by atoms with Crippen LogP contribution < -0.4 is 14.8 Å². The number of carbonyl (C=O) groups excluding carboxylic acids is 1. The number of imidazole rings is 1. The molecule has 1 N–H and O–H groups in total. The molecule has 0 aliphatic heterocycles. The van der Waals surface area contributed by atoms with Gasteiger partial charge < -0.3 is 19.4 Å². The lowest BCUT2D eigenvalue weighted by Crippen LogP contribution is -2.21. The van der Waals surface area contributed by atoms with Gasteiger partial charge in [0.25, 0.3) is 10.1 Å². The molecule has 2 atom stereocenters. The van der Waals surface area contributed by atoms with Crippen LogP contribution in [0, 0.1) is 5.92 Å². The lowest BCUT2D eigenvalue weighted by atomic mass is 9.97. The van der Waals surface area contributed by atoms with Gasteiger partial charge in [0.1, 0.15) is 6.10 Å². The van der Waals surface area contributed by atoms with Gasteiger partial charge in [0.2, 0.25) is 5.91 Å². The molecule has 182 valence electrons. The number of benzene rings is 2. The first-order chi connectivity index (χ1) is 16.2. The number of aromatic nitrogens is 2. The fourth-order valence-electron chi connectivity index (χ4n) is 3.63. The number of amides is 1. The fourth-order valence-corrected chi connectivity index (χ4v) is 4.30. The smallest absolute Gasteiger partial charge is 0.264 e. The zero-order chi connectivity index (χ0) is 24.7. The normalized spacial score (nSPS) is 13.2. The van der Waals surface area contributed by atoms with E-state index in [1.165, 1.54) is 0 Å². The zero-order valence-electron chi connectivity index (χ0n) is 19.6. The van der Waals surface area contributed by atoms with Crippen LogP contribution in [-0.2, 0) is 32.1 Å². The maximum Gasteiger partial charge on any atom is 0.264 e. The molecule has 3 aromatic rings. The third-order valence-electron chi connectivity index (χ3n) is 5.19. The van der Waals surface area contributed by atoms with Crippen molar-refractivity contribution in [1.82, 2.24) is 9.55 Å². The van der Waals surface area contributed by atoms with E-state index < -0.39 is 16.2 Å². The van der Waals surface area contributed by atoms with E-state index in [2.05, 4.69) is 10.3 Å². The highest BCUT2D eigenvalue weighted by molar-refractivity contribution is 7.86. The van der Waals surface area contributed by atoms with Crippen molar-refractivity contribution in [1.29, 1.82) is 0 Å². The molecule has 9 nitrogen and oxygen atoms in total. The van der Waals surface area contributed by atoms with Crippen LogP contribution in [0.1, 0.15) is 24.2 Å². The Balaban J connectivity index is 1.69. The highest BCUT2D eigenvalue weighted by Gasteiger charge is 2.25. The van der Waals surface area contributed by atoms with Crippen molar-refractivity contribution >= 4 is 21.7 Å². The molecular formula is C24H29N3O6S. The minimum atomic E-state index is -3.68. The van der Waals surface area contributed by atoms with Gasteiger partial charge >= 0.3 is 0 Å². The topological polar surface area (TPSA) is 109 Å². The maximum absolute atomic E-state index is 12.5. The van der Waals surface area contributed by atoms with Crippen molar-refractivity contribution in [2.45, 2.75) is 26.0 Å². The number of anilines is 1. The largest absolute Gasteiger partial charge is 0.493 e. The van der Waals surface area contributed by atoms with Crippen molar-refractivity contribution in [3.63, 3.8) is 0 Å². The van der Waals surface area contributed by atoms with E-state index in [0.29, 0.717) is 29.3 Å². The van der Waals surface area contributed by atoms with Gasteiger partial charge in [-0.2, -0.15) is 8.42 Å². The molecule has 0 aliphatic rings. The monoisotopic (exact) mass is 487 g/mol. The third-order valence-corrected chi connectivity index (χ3v) is 5.75. The number of carbonyl (C=O) groups is 1. The first-order valence-electron chi connectivity index (χ1n) is 10.6. The van der Waals surface area contributed by atoms with Crippen LogP contribution in [0.3, 0.4) is 0 Å². The molecule has 1 heterocycles.